The van der Waals surface area contributed by atoms with Gasteiger partial charge in [0.15, 0.2) is 16.5 Å². The summed E-state index contributed by atoms with van der Waals surface area (Å²) in [5.41, 5.74) is 1.64. The van der Waals surface area contributed by atoms with Gasteiger partial charge in [0.05, 0.1) is 33.6 Å². The molecule has 0 unspecified atom stereocenters. The second kappa shape index (κ2) is 9.73. The van der Waals surface area contributed by atoms with E-state index in [1.807, 2.05) is 17.5 Å². The minimum absolute atomic E-state index is 0.0780. The highest BCUT2D eigenvalue weighted by Gasteiger charge is 2.16. The number of aromatic nitrogens is 2. The van der Waals surface area contributed by atoms with Crippen LogP contribution in [0.1, 0.15) is 11.3 Å². The molecule has 3 aromatic rings. The first kappa shape index (κ1) is 21.1. The second-order valence-electron chi connectivity index (χ2n) is 6.38. The van der Waals surface area contributed by atoms with Crippen LogP contribution in [0.5, 0.6) is 17.2 Å². The van der Waals surface area contributed by atoms with Crippen molar-refractivity contribution in [3.05, 3.63) is 51.4 Å². The molecule has 0 fully saturated rings. The zero-order valence-corrected chi connectivity index (χ0v) is 17.8. The van der Waals surface area contributed by atoms with Gasteiger partial charge in [-0.25, -0.2) is 4.98 Å². The summed E-state index contributed by atoms with van der Waals surface area (Å²) >= 11 is 1.44. The molecule has 0 amide bonds. The van der Waals surface area contributed by atoms with Gasteiger partial charge in [-0.2, -0.15) is 0 Å². The summed E-state index contributed by atoms with van der Waals surface area (Å²) in [5.74, 6) is 1.76. The molecule has 2 aromatic heterocycles. The Morgan fingerprint density at radius 1 is 1.03 bits per heavy atom. The van der Waals surface area contributed by atoms with Crippen LogP contribution >= 0.6 is 11.3 Å². The summed E-state index contributed by atoms with van der Waals surface area (Å²) in [5, 5.41) is 1.85. The Labute approximate surface area is 173 Å². The molecule has 0 aliphatic rings. The predicted octanol–water partition coefficient (Wildman–Crippen LogP) is 2.43. The van der Waals surface area contributed by atoms with Crippen molar-refractivity contribution >= 4 is 16.3 Å². The number of hydrogen-bond donors (Lipinski definition) is 0. The third-order valence-electron chi connectivity index (χ3n) is 4.48. The van der Waals surface area contributed by atoms with Gasteiger partial charge in [0, 0.05) is 44.4 Å². The van der Waals surface area contributed by atoms with Gasteiger partial charge in [0.2, 0.25) is 5.75 Å². The molecule has 29 heavy (non-hydrogen) atoms. The molecule has 0 radical (unpaired) electrons. The summed E-state index contributed by atoms with van der Waals surface area (Å²) in [6.07, 6.45) is 1.73. The molecule has 0 bridgehead atoms. The van der Waals surface area contributed by atoms with Gasteiger partial charge in [0.1, 0.15) is 0 Å². The fourth-order valence-electron chi connectivity index (χ4n) is 3.12. The van der Waals surface area contributed by atoms with Crippen molar-refractivity contribution in [1.29, 1.82) is 0 Å². The van der Waals surface area contributed by atoms with Crippen LogP contribution in [0.2, 0.25) is 0 Å². The number of ether oxygens (including phenoxy) is 4. The van der Waals surface area contributed by atoms with Crippen molar-refractivity contribution in [2.24, 2.45) is 0 Å². The van der Waals surface area contributed by atoms with Crippen molar-refractivity contribution < 1.29 is 18.9 Å². The summed E-state index contributed by atoms with van der Waals surface area (Å²) < 4.78 is 23.1. The summed E-state index contributed by atoms with van der Waals surface area (Å²) in [4.78, 5) is 19.8. The Bertz CT molecular complexity index is 992. The van der Waals surface area contributed by atoms with E-state index in [4.69, 9.17) is 18.9 Å². The highest BCUT2D eigenvalue weighted by molar-refractivity contribution is 7.15. The normalized spacial score (nSPS) is 11.2. The second-order valence-corrected chi connectivity index (χ2v) is 7.25. The zero-order valence-electron chi connectivity index (χ0n) is 17.0. The van der Waals surface area contributed by atoms with E-state index in [0.29, 0.717) is 48.5 Å². The Balaban J connectivity index is 1.87. The highest BCUT2D eigenvalue weighted by atomic mass is 32.1. The minimum atomic E-state index is -0.0780. The van der Waals surface area contributed by atoms with E-state index in [1.54, 1.807) is 45.1 Å². The quantitative estimate of drug-likeness (QED) is 0.500. The number of nitrogens with zero attached hydrogens (tertiary/aromatic N) is 3. The van der Waals surface area contributed by atoms with Crippen LogP contribution in [-0.4, -0.2) is 55.9 Å². The largest absolute Gasteiger partial charge is 0.493 e. The predicted molar refractivity (Wildman–Crippen MR) is 111 cm³/mol. The highest BCUT2D eigenvalue weighted by Crippen LogP contribution is 2.38. The van der Waals surface area contributed by atoms with Gasteiger partial charge >= 0.3 is 0 Å². The zero-order chi connectivity index (χ0) is 20.8. The fraction of sp³-hybridized carbons (Fsp3) is 0.400. The average molecular weight is 420 g/mol. The van der Waals surface area contributed by atoms with Crippen LogP contribution < -0.4 is 19.8 Å². The van der Waals surface area contributed by atoms with Crippen molar-refractivity contribution in [2.75, 3.05) is 41.6 Å². The van der Waals surface area contributed by atoms with E-state index < -0.39 is 0 Å². The number of benzene rings is 1. The Hall–Kier alpha value is -2.62. The van der Waals surface area contributed by atoms with Crippen LogP contribution in [-0.2, 0) is 17.8 Å². The summed E-state index contributed by atoms with van der Waals surface area (Å²) in [6, 6.07) is 5.42. The van der Waals surface area contributed by atoms with E-state index >= 15 is 0 Å². The Morgan fingerprint density at radius 2 is 1.76 bits per heavy atom. The van der Waals surface area contributed by atoms with Crippen molar-refractivity contribution in [2.45, 2.75) is 13.1 Å². The topological polar surface area (TPSA) is 74.5 Å². The Morgan fingerprint density at radius 3 is 2.38 bits per heavy atom. The molecule has 0 aliphatic heterocycles. The lowest BCUT2D eigenvalue weighted by Gasteiger charge is -2.23. The van der Waals surface area contributed by atoms with Gasteiger partial charge in [0.25, 0.3) is 5.56 Å². The van der Waals surface area contributed by atoms with Gasteiger partial charge < -0.3 is 18.9 Å². The maximum atomic E-state index is 12.3. The van der Waals surface area contributed by atoms with Crippen molar-refractivity contribution in [3.63, 3.8) is 0 Å². The number of methoxy groups -OCH3 is 4. The lowest BCUT2D eigenvalue weighted by Crippen LogP contribution is -2.28. The van der Waals surface area contributed by atoms with Crippen LogP contribution in [0.15, 0.2) is 34.6 Å². The number of hydrogen-bond acceptors (Lipinski definition) is 8. The first-order valence-electron chi connectivity index (χ1n) is 9.05. The van der Waals surface area contributed by atoms with E-state index in [2.05, 4.69) is 9.88 Å². The summed E-state index contributed by atoms with van der Waals surface area (Å²) in [7, 11) is 6.44. The minimum Gasteiger partial charge on any atom is -0.493 e. The number of rotatable bonds is 10. The van der Waals surface area contributed by atoms with Crippen molar-refractivity contribution in [3.8, 4) is 17.2 Å². The third kappa shape index (κ3) is 4.87. The molecule has 0 atom stereocenters. The molecule has 0 aliphatic carbocycles. The number of fused-ring (bicyclic) bond motifs is 1. The summed E-state index contributed by atoms with van der Waals surface area (Å²) in [6.45, 7) is 2.36. The molecular weight excluding hydrogens is 394 g/mol. The van der Waals surface area contributed by atoms with Crippen LogP contribution in [0.4, 0.5) is 0 Å². The molecular formula is C20H25N3O5S. The van der Waals surface area contributed by atoms with Crippen LogP contribution in [0.3, 0.4) is 0 Å². The first-order chi connectivity index (χ1) is 14.1. The van der Waals surface area contributed by atoms with Crippen LogP contribution in [0.25, 0.3) is 4.96 Å². The first-order valence-corrected chi connectivity index (χ1v) is 9.93. The van der Waals surface area contributed by atoms with Gasteiger partial charge in [-0.05, 0) is 17.7 Å². The smallest absolute Gasteiger partial charge is 0.258 e. The maximum absolute atomic E-state index is 12.3. The average Bonchev–Trinajstić information content (AvgIpc) is 3.20. The standard InChI is InChI=1S/C20H25N3O5S/c1-25-7-5-22(13-15-11-18(24)23-6-8-29-20(23)21-15)12-14-9-16(26-2)19(28-4)17(10-14)27-3/h6,8-11H,5,7,12-13H2,1-4H3. The lowest BCUT2D eigenvalue weighted by molar-refractivity contribution is 0.139. The van der Waals surface area contributed by atoms with Crippen LogP contribution in [0, 0.1) is 0 Å². The molecule has 2 heterocycles. The SMILES string of the molecule is COCCN(Cc1cc(OC)c(OC)c(OC)c1)Cc1cc(=O)n2ccsc2n1. The molecule has 0 saturated heterocycles. The lowest BCUT2D eigenvalue weighted by atomic mass is 10.1. The van der Waals surface area contributed by atoms with Gasteiger partial charge in [-0.1, -0.05) is 0 Å². The monoisotopic (exact) mass is 419 g/mol. The van der Waals surface area contributed by atoms with E-state index in [9.17, 15) is 4.79 Å². The molecule has 3 rings (SSSR count). The van der Waals surface area contributed by atoms with Gasteiger partial charge in [-0.3, -0.25) is 14.1 Å². The van der Waals surface area contributed by atoms with E-state index in [1.165, 1.54) is 11.3 Å². The van der Waals surface area contributed by atoms with Crippen molar-refractivity contribution in [1.82, 2.24) is 14.3 Å². The molecule has 0 N–H and O–H groups in total. The fourth-order valence-corrected chi connectivity index (χ4v) is 3.86. The van der Waals surface area contributed by atoms with E-state index in [-0.39, 0.29) is 5.56 Å². The molecule has 156 valence electrons. The third-order valence-corrected chi connectivity index (χ3v) is 5.24. The molecule has 1 aromatic carbocycles. The van der Waals surface area contributed by atoms with E-state index in [0.717, 1.165) is 11.3 Å². The molecule has 0 saturated carbocycles. The molecule has 8 nitrogen and oxygen atoms in total. The maximum Gasteiger partial charge on any atom is 0.258 e. The number of thiazole rings is 1. The Kier molecular flexibility index (Phi) is 7.08. The molecule has 9 heteroatoms. The molecule has 0 spiro atoms. The van der Waals surface area contributed by atoms with Gasteiger partial charge in [-0.15, -0.1) is 11.3 Å².